The van der Waals surface area contributed by atoms with Crippen LogP contribution in [-0.4, -0.2) is 40.4 Å². The molecule has 1 fully saturated rings. The van der Waals surface area contributed by atoms with Gasteiger partial charge in [-0.2, -0.15) is 12.6 Å². The molecule has 0 spiro atoms. The summed E-state index contributed by atoms with van der Waals surface area (Å²) in [6.45, 7) is 3.18. The van der Waals surface area contributed by atoms with Crippen LogP contribution in [0.5, 0.6) is 0 Å². The lowest BCUT2D eigenvalue weighted by atomic mass is 10.0. The highest BCUT2D eigenvalue weighted by Crippen LogP contribution is 2.22. The average Bonchev–Trinajstić information content (AvgIpc) is 2.88. The molecule has 1 heterocycles. The lowest BCUT2D eigenvalue weighted by molar-refractivity contribution is -0.129. The fourth-order valence-corrected chi connectivity index (χ4v) is 2.89. The number of hydrogen-bond acceptors (Lipinski definition) is 3. The van der Waals surface area contributed by atoms with E-state index in [1.807, 2.05) is 35.2 Å². The standard InChI is InChI=1S/C15H21NO2S/c1-11(17)13-7-8-16(10-13)15(18)14(19)9-12-5-3-2-4-6-12/h2-6,11,13-14,17,19H,7-10H2,1H3. The first-order valence-electron chi connectivity index (χ1n) is 6.76. The van der Waals surface area contributed by atoms with E-state index in [9.17, 15) is 9.90 Å². The highest BCUT2D eigenvalue weighted by Gasteiger charge is 2.31. The fraction of sp³-hybridized carbons (Fsp3) is 0.533. The second-order valence-electron chi connectivity index (χ2n) is 5.28. The number of hydrogen-bond donors (Lipinski definition) is 2. The van der Waals surface area contributed by atoms with Crippen LogP contribution in [-0.2, 0) is 11.2 Å². The largest absolute Gasteiger partial charge is 0.393 e. The molecule has 3 nitrogen and oxygen atoms in total. The predicted molar refractivity (Wildman–Crippen MR) is 79.3 cm³/mol. The van der Waals surface area contributed by atoms with E-state index in [4.69, 9.17) is 0 Å². The number of benzene rings is 1. The van der Waals surface area contributed by atoms with Crippen LogP contribution in [0.3, 0.4) is 0 Å². The summed E-state index contributed by atoms with van der Waals surface area (Å²) in [5, 5.41) is 9.27. The molecule has 0 aromatic heterocycles. The minimum Gasteiger partial charge on any atom is -0.393 e. The van der Waals surface area contributed by atoms with Crippen LogP contribution in [0.4, 0.5) is 0 Å². The Hall–Kier alpha value is -1.00. The van der Waals surface area contributed by atoms with Crippen molar-refractivity contribution in [1.29, 1.82) is 0 Å². The maximum atomic E-state index is 12.3. The van der Waals surface area contributed by atoms with Crippen LogP contribution >= 0.6 is 12.6 Å². The molecule has 1 aliphatic rings. The van der Waals surface area contributed by atoms with Crippen LogP contribution in [0.1, 0.15) is 18.9 Å². The van der Waals surface area contributed by atoms with Gasteiger partial charge < -0.3 is 10.0 Å². The van der Waals surface area contributed by atoms with Crippen molar-refractivity contribution >= 4 is 18.5 Å². The van der Waals surface area contributed by atoms with E-state index in [1.54, 1.807) is 6.92 Å². The molecule has 3 unspecified atom stereocenters. The zero-order chi connectivity index (χ0) is 13.8. The van der Waals surface area contributed by atoms with Crippen molar-refractivity contribution in [3.63, 3.8) is 0 Å². The normalized spacial score (nSPS) is 22.3. The second-order valence-corrected chi connectivity index (χ2v) is 5.90. The van der Waals surface area contributed by atoms with Gasteiger partial charge in [0.15, 0.2) is 0 Å². The van der Waals surface area contributed by atoms with Gasteiger partial charge in [-0.1, -0.05) is 30.3 Å². The first-order valence-corrected chi connectivity index (χ1v) is 7.28. The third kappa shape index (κ3) is 3.74. The molecular formula is C15H21NO2S. The van der Waals surface area contributed by atoms with Crippen molar-refractivity contribution in [1.82, 2.24) is 4.90 Å². The number of rotatable bonds is 4. The lowest BCUT2D eigenvalue weighted by Crippen LogP contribution is -2.37. The third-order valence-electron chi connectivity index (χ3n) is 3.78. The molecule has 4 heteroatoms. The number of likely N-dealkylation sites (tertiary alicyclic amines) is 1. The number of aliphatic hydroxyl groups is 1. The number of nitrogens with zero attached hydrogens (tertiary/aromatic N) is 1. The smallest absolute Gasteiger partial charge is 0.235 e. The van der Waals surface area contributed by atoms with Gasteiger partial charge in [-0.05, 0) is 25.3 Å². The van der Waals surface area contributed by atoms with Gasteiger partial charge in [0.2, 0.25) is 5.91 Å². The van der Waals surface area contributed by atoms with Crippen molar-refractivity contribution in [2.24, 2.45) is 5.92 Å². The fourth-order valence-electron chi connectivity index (χ4n) is 2.52. The maximum absolute atomic E-state index is 12.3. The molecule has 1 amide bonds. The lowest BCUT2D eigenvalue weighted by Gasteiger charge is -2.21. The van der Waals surface area contributed by atoms with Gasteiger partial charge in [-0.25, -0.2) is 0 Å². The summed E-state index contributed by atoms with van der Waals surface area (Å²) < 4.78 is 0. The molecule has 1 N–H and O–H groups in total. The Balaban J connectivity index is 1.90. The highest BCUT2D eigenvalue weighted by molar-refractivity contribution is 7.81. The zero-order valence-corrected chi connectivity index (χ0v) is 12.1. The monoisotopic (exact) mass is 279 g/mol. The SMILES string of the molecule is CC(O)C1CCN(C(=O)C(S)Cc2ccccc2)C1. The van der Waals surface area contributed by atoms with Crippen molar-refractivity contribution in [3.8, 4) is 0 Å². The molecule has 0 bridgehead atoms. The van der Waals surface area contributed by atoms with Gasteiger partial charge in [0.25, 0.3) is 0 Å². The summed E-state index contributed by atoms with van der Waals surface area (Å²) in [5.74, 6) is 0.288. The maximum Gasteiger partial charge on any atom is 0.235 e. The number of carbonyl (C=O) groups is 1. The van der Waals surface area contributed by atoms with Crippen molar-refractivity contribution in [3.05, 3.63) is 35.9 Å². The minimum absolute atomic E-state index is 0.0790. The van der Waals surface area contributed by atoms with E-state index < -0.39 is 0 Å². The van der Waals surface area contributed by atoms with E-state index in [0.29, 0.717) is 13.0 Å². The third-order valence-corrected chi connectivity index (χ3v) is 4.18. The molecular weight excluding hydrogens is 258 g/mol. The summed E-state index contributed by atoms with van der Waals surface area (Å²) in [7, 11) is 0. The summed E-state index contributed by atoms with van der Waals surface area (Å²) in [6.07, 6.45) is 1.19. The Morgan fingerprint density at radius 2 is 2.16 bits per heavy atom. The summed E-state index contributed by atoms with van der Waals surface area (Å²) in [4.78, 5) is 14.1. The Kier molecular flexibility index (Phi) is 4.88. The van der Waals surface area contributed by atoms with E-state index in [2.05, 4.69) is 12.6 Å². The summed E-state index contributed by atoms with van der Waals surface area (Å²) >= 11 is 4.44. The van der Waals surface area contributed by atoms with E-state index in [1.165, 1.54) is 0 Å². The number of aliphatic hydroxyl groups excluding tert-OH is 1. The number of carbonyl (C=O) groups excluding carboxylic acids is 1. The van der Waals surface area contributed by atoms with Crippen LogP contribution in [0.2, 0.25) is 0 Å². The molecule has 1 aromatic rings. The average molecular weight is 279 g/mol. The Labute approximate surface area is 120 Å². The van der Waals surface area contributed by atoms with E-state index in [0.717, 1.165) is 18.5 Å². The Morgan fingerprint density at radius 1 is 1.47 bits per heavy atom. The quantitative estimate of drug-likeness (QED) is 0.825. The van der Waals surface area contributed by atoms with Crippen molar-refractivity contribution in [2.75, 3.05) is 13.1 Å². The van der Waals surface area contributed by atoms with Crippen LogP contribution in [0.25, 0.3) is 0 Å². The molecule has 19 heavy (non-hydrogen) atoms. The van der Waals surface area contributed by atoms with Gasteiger partial charge in [-0.3, -0.25) is 4.79 Å². The molecule has 1 aliphatic heterocycles. The predicted octanol–water partition coefficient (Wildman–Crippen LogP) is 1.76. The Bertz CT molecular complexity index is 421. The Morgan fingerprint density at radius 3 is 2.74 bits per heavy atom. The molecule has 0 radical (unpaired) electrons. The van der Waals surface area contributed by atoms with Crippen molar-refractivity contribution < 1.29 is 9.90 Å². The second kappa shape index (κ2) is 6.44. The molecule has 3 atom stereocenters. The topological polar surface area (TPSA) is 40.5 Å². The molecule has 2 rings (SSSR count). The van der Waals surface area contributed by atoms with E-state index in [-0.39, 0.29) is 23.2 Å². The van der Waals surface area contributed by atoms with Crippen LogP contribution in [0, 0.1) is 5.92 Å². The zero-order valence-electron chi connectivity index (χ0n) is 11.2. The molecule has 0 saturated carbocycles. The molecule has 1 aromatic carbocycles. The highest BCUT2D eigenvalue weighted by atomic mass is 32.1. The van der Waals surface area contributed by atoms with Gasteiger partial charge in [0.1, 0.15) is 0 Å². The van der Waals surface area contributed by atoms with Gasteiger partial charge >= 0.3 is 0 Å². The molecule has 1 saturated heterocycles. The molecule has 0 aliphatic carbocycles. The first-order chi connectivity index (χ1) is 9.08. The first kappa shape index (κ1) is 14.4. The van der Waals surface area contributed by atoms with Gasteiger partial charge in [0, 0.05) is 19.0 Å². The number of thiol groups is 1. The van der Waals surface area contributed by atoms with Gasteiger partial charge in [-0.15, -0.1) is 0 Å². The van der Waals surface area contributed by atoms with Gasteiger partial charge in [0.05, 0.1) is 11.4 Å². The minimum atomic E-state index is -0.342. The van der Waals surface area contributed by atoms with Crippen LogP contribution < -0.4 is 0 Å². The summed E-state index contributed by atoms with van der Waals surface area (Å²) in [5.41, 5.74) is 1.13. The van der Waals surface area contributed by atoms with E-state index >= 15 is 0 Å². The number of amides is 1. The summed E-state index contributed by atoms with van der Waals surface area (Å²) in [6, 6.07) is 9.93. The molecule has 104 valence electrons. The van der Waals surface area contributed by atoms with Crippen molar-refractivity contribution in [2.45, 2.75) is 31.1 Å². The van der Waals surface area contributed by atoms with Crippen LogP contribution in [0.15, 0.2) is 30.3 Å².